The largest absolute Gasteiger partial charge is 0.311 e. The van der Waals surface area contributed by atoms with Crippen LogP contribution < -0.4 is 5.32 Å². The Bertz CT molecular complexity index is 614. The van der Waals surface area contributed by atoms with E-state index >= 15 is 0 Å². The summed E-state index contributed by atoms with van der Waals surface area (Å²) in [6.45, 7) is 8.50. The van der Waals surface area contributed by atoms with Gasteiger partial charge in [-0.1, -0.05) is 6.92 Å². The molecule has 0 unspecified atom stereocenters. The van der Waals surface area contributed by atoms with E-state index in [1.807, 2.05) is 24.9 Å². The molecule has 0 radical (unpaired) electrons. The van der Waals surface area contributed by atoms with E-state index in [1.54, 1.807) is 0 Å². The van der Waals surface area contributed by atoms with Crippen molar-refractivity contribution in [3.63, 3.8) is 0 Å². The Hall–Kier alpha value is -1.46. The molecule has 0 spiro atoms. The van der Waals surface area contributed by atoms with Crippen molar-refractivity contribution in [2.24, 2.45) is 7.05 Å². The van der Waals surface area contributed by atoms with E-state index in [9.17, 15) is 0 Å². The Kier molecular flexibility index (Phi) is 4.22. The third kappa shape index (κ3) is 3.24. The Morgan fingerprint density at radius 2 is 2.24 bits per heavy atom. The molecule has 0 amide bonds. The van der Waals surface area contributed by atoms with Crippen LogP contribution in [0.25, 0.3) is 11.0 Å². The molecular weight excluding hydrogens is 262 g/mol. The molecule has 1 N–H and O–H groups in total. The van der Waals surface area contributed by atoms with Crippen LogP contribution in [0.2, 0.25) is 0 Å². The van der Waals surface area contributed by atoms with Gasteiger partial charge in [0.15, 0.2) is 5.65 Å². The van der Waals surface area contributed by atoms with E-state index < -0.39 is 0 Å². The zero-order valence-corrected chi connectivity index (χ0v) is 13.3. The highest BCUT2D eigenvalue weighted by atomic mass is 15.3. The molecule has 3 rings (SSSR count). The van der Waals surface area contributed by atoms with Gasteiger partial charge in [-0.2, -0.15) is 5.10 Å². The van der Waals surface area contributed by atoms with Crippen molar-refractivity contribution < 1.29 is 0 Å². The zero-order chi connectivity index (χ0) is 14.8. The van der Waals surface area contributed by atoms with Crippen molar-refractivity contribution >= 4 is 11.0 Å². The highest BCUT2D eigenvalue weighted by Gasteiger charge is 2.26. The highest BCUT2D eigenvalue weighted by Crippen LogP contribution is 2.25. The summed E-state index contributed by atoms with van der Waals surface area (Å²) in [5.41, 5.74) is 3.24. The van der Waals surface area contributed by atoms with Gasteiger partial charge in [0.1, 0.15) is 0 Å². The maximum absolute atomic E-state index is 4.52. The van der Waals surface area contributed by atoms with Crippen LogP contribution >= 0.6 is 0 Å². The monoisotopic (exact) mass is 287 g/mol. The van der Waals surface area contributed by atoms with Gasteiger partial charge in [0.05, 0.1) is 5.69 Å². The molecule has 2 aromatic rings. The molecule has 1 aliphatic rings. The van der Waals surface area contributed by atoms with Crippen molar-refractivity contribution in [3.05, 3.63) is 23.5 Å². The minimum Gasteiger partial charge on any atom is -0.311 e. The van der Waals surface area contributed by atoms with Crippen LogP contribution in [0.15, 0.2) is 12.3 Å². The van der Waals surface area contributed by atoms with Gasteiger partial charge >= 0.3 is 0 Å². The van der Waals surface area contributed by atoms with E-state index in [-0.39, 0.29) is 0 Å². The Balaban J connectivity index is 1.54. The maximum Gasteiger partial charge on any atom is 0.157 e. The fourth-order valence-electron chi connectivity index (χ4n) is 2.94. The molecule has 0 bridgehead atoms. The number of aromatic nitrogens is 3. The fraction of sp³-hybridized carbons (Fsp3) is 0.625. The number of nitrogens with one attached hydrogen (secondary N) is 1. The molecule has 0 aromatic carbocycles. The van der Waals surface area contributed by atoms with Crippen molar-refractivity contribution in [1.29, 1.82) is 0 Å². The summed E-state index contributed by atoms with van der Waals surface area (Å²) in [7, 11) is 1.94. The van der Waals surface area contributed by atoms with Crippen LogP contribution in [0.3, 0.4) is 0 Å². The zero-order valence-electron chi connectivity index (χ0n) is 13.3. The minimum absolute atomic E-state index is 0.854. The molecule has 0 saturated heterocycles. The first-order chi connectivity index (χ1) is 10.2. The Morgan fingerprint density at radius 1 is 1.43 bits per heavy atom. The average molecular weight is 287 g/mol. The third-order valence-corrected chi connectivity index (χ3v) is 4.29. The lowest BCUT2D eigenvalue weighted by atomic mass is 10.2. The second-order valence-electron chi connectivity index (χ2n) is 5.96. The minimum atomic E-state index is 0.854. The SMILES string of the molecule is CCN(CCNCc1cnc2c(c1)c(C)nn2C)C1CC1. The molecule has 0 atom stereocenters. The molecule has 114 valence electrons. The van der Waals surface area contributed by atoms with E-state index in [0.717, 1.165) is 48.9 Å². The number of nitrogens with zero attached hydrogens (tertiary/aromatic N) is 4. The van der Waals surface area contributed by atoms with Crippen molar-refractivity contribution in [1.82, 2.24) is 25.0 Å². The van der Waals surface area contributed by atoms with Gasteiger partial charge in [0.25, 0.3) is 0 Å². The highest BCUT2D eigenvalue weighted by molar-refractivity contribution is 5.78. The molecule has 1 saturated carbocycles. The molecular formula is C16H25N5. The number of rotatable bonds is 7. The van der Waals surface area contributed by atoms with Crippen LogP contribution in [0.1, 0.15) is 31.0 Å². The molecule has 0 aliphatic heterocycles. The van der Waals surface area contributed by atoms with Gasteiger partial charge in [-0.3, -0.25) is 9.58 Å². The van der Waals surface area contributed by atoms with E-state index in [4.69, 9.17) is 0 Å². The van der Waals surface area contributed by atoms with Crippen LogP contribution in [0.4, 0.5) is 0 Å². The first-order valence-corrected chi connectivity index (χ1v) is 7.92. The summed E-state index contributed by atoms with van der Waals surface area (Å²) < 4.78 is 1.84. The fourth-order valence-corrected chi connectivity index (χ4v) is 2.94. The van der Waals surface area contributed by atoms with E-state index in [1.165, 1.54) is 18.4 Å². The smallest absolute Gasteiger partial charge is 0.157 e. The Labute approximate surface area is 126 Å². The second kappa shape index (κ2) is 6.12. The third-order valence-electron chi connectivity index (χ3n) is 4.29. The van der Waals surface area contributed by atoms with Crippen molar-refractivity contribution in [2.75, 3.05) is 19.6 Å². The van der Waals surface area contributed by atoms with Crippen LogP contribution in [-0.2, 0) is 13.6 Å². The number of likely N-dealkylation sites (N-methyl/N-ethyl adjacent to an activating group) is 1. The van der Waals surface area contributed by atoms with E-state index in [0.29, 0.717) is 0 Å². The van der Waals surface area contributed by atoms with Gasteiger partial charge in [0, 0.05) is 44.3 Å². The predicted octanol–water partition coefficient (Wildman–Crippen LogP) is 1.85. The summed E-state index contributed by atoms with van der Waals surface area (Å²) in [5.74, 6) is 0. The summed E-state index contributed by atoms with van der Waals surface area (Å²) in [6.07, 6.45) is 4.72. The van der Waals surface area contributed by atoms with Crippen molar-refractivity contribution in [3.8, 4) is 0 Å². The number of hydrogen-bond donors (Lipinski definition) is 1. The predicted molar refractivity (Wildman–Crippen MR) is 85.2 cm³/mol. The van der Waals surface area contributed by atoms with Crippen molar-refractivity contribution in [2.45, 2.75) is 39.3 Å². The number of pyridine rings is 1. The summed E-state index contributed by atoms with van der Waals surface area (Å²) in [4.78, 5) is 7.09. The van der Waals surface area contributed by atoms with Crippen LogP contribution in [0.5, 0.6) is 0 Å². The lowest BCUT2D eigenvalue weighted by molar-refractivity contribution is 0.277. The second-order valence-corrected chi connectivity index (χ2v) is 5.96. The van der Waals surface area contributed by atoms with E-state index in [2.05, 4.69) is 33.3 Å². The number of hydrogen-bond acceptors (Lipinski definition) is 4. The molecule has 2 aromatic heterocycles. The van der Waals surface area contributed by atoms with Gasteiger partial charge in [0.2, 0.25) is 0 Å². The Morgan fingerprint density at radius 3 is 2.95 bits per heavy atom. The van der Waals surface area contributed by atoms with Gasteiger partial charge in [-0.05, 0) is 37.9 Å². The van der Waals surface area contributed by atoms with Gasteiger partial charge in [-0.15, -0.1) is 0 Å². The maximum atomic E-state index is 4.52. The van der Waals surface area contributed by atoms with Crippen LogP contribution in [0, 0.1) is 6.92 Å². The molecule has 1 fully saturated rings. The topological polar surface area (TPSA) is 46.0 Å². The summed E-state index contributed by atoms with van der Waals surface area (Å²) in [5, 5.41) is 9.10. The summed E-state index contributed by atoms with van der Waals surface area (Å²) in [6, 6.07) is 3.06. The average Bonchev–Trinajstić information content (AvgIpc) is 3.27. The molecule has 1 aliphatic carbocycles. The molecule has 5 nitrogen and oxygen atoms in total. The normalized spacial score (nSPS) is 15.2. The lowest BCUT2D eigenvalue weighted by Gasteiger charge is -2.19. The molecule has 21 heavy (non-hydrogen) atoms. The standard InChI is InChI=1S/C16H25N5/c1-4-21(14-5-6-14)8-7-17-10-13-9-15-12(2)19-20(3)16(15)18-11-13/h9,11,14,17H,4-8,10H2,1-3H3. The number of aryl methyl sites for hydroxylation is 2. The first-order valence-electron chi connectivity index (χ1n) is 7.92. The first kappa shape index (κ1) is 14.5. The molecule has 2 heterocycles. The lowest BCUT2D eigenvalue weighted by Crippen LogP contribution is -2.33. The van der Waals surface area contributed by atoms with Gasteiger partial charge in [-0.25, -0.2) is 4.98 Å². The molecule has 5 heteroatoms. The van der Waals surface area contributed by atoms with Gasteiger partial charge < -0.3 is 5.32 Å². The summed E-state index contributed by atoms with van der Waals surface area (Å²) >= 11 is 0. The van der Waals surface area contributed by atoms with Crippen LogP contribution in [-0.4, -0.2) is 45.3 Å². The number of fused-ring (bicyclic) bond motifs is 1. The quantitative estimate of drug-likeness (QED) is 0.790.